The second kappa shape index (κ2) is 7.49. The Morgan fingerprint density at radius 3 is 2.78 bits per heavy atom. The number of aromatic nitrogens is 4. The fraction of sp³-hybridized carbons (Fsp3) is 0.250. The van der Waals surface area contributed by atoms with Crippen molar-refractivity contribution >= 4 is 17.5 Å². The zero-order valence-electron chi connectivity index (χ0n) is 15.0. The van der Waals surface area contributed by atoms with Gasteiger partial charge in [0.15, 0.2) is 0 Å². The molecule has 4 heterocycles. The molecule has 27 heavy (non-hydrogen) atoms. The number of hydrogen-bond acceptors (Lipinski definition) is 6. The maximum absolute atomic E-state index is 13.0. The van der Waals surface area contributed by atoms with Gasteiger partial charge in [0.25, 0.3) is 5.91 Å². The minimum absolute atomic E-state index is 0.0222. The van der Waals surface area contributed by atoms with Crippen molar-refractivity contribution in [3.63, 3.8) is 0 Å². The van der Waals surface area contributed by atoms with Crippen LogP contribution in [0.3, 0.4) is 0 Å². The van der Waals surface area contributed by atoms with Crippen molar-refractivity contribution in [1.82, 2.24) is 24.8 Å². The van der Waals surface area contributed by atoms with E-state index in [0.717, 1.165) is 30.5 Å². The number of pyridine rings is 2. The van der Waals surface area contributed by atoms with E-state index in [-0.39, 0.29) is 11.9 Å². The van der Waals surface area contributed by atoms with Crippen molar-refractivity contribution in [3.8, 4) is 0 Å². The van der Waals surface area contributed by atoms with E-state index in [4.69, 9.17) is 0 Å². The number of nitrogens with zero attached hydrogens (tertiary/aromatic N) is 5. The van der Waals surface area contributed by atoms with Crippen LogP contribution in [0.5, 0.6) is 0 Å². The normalized spacial score (nSPS) is 16.3. The lowest BCUT2D eigenvalue weighted by Crippen LogP contribution is -2.30. The van der Waals surface area contributed by atoms with Crippen LogP contribution in [-0.2, 0) is 0 Å². The molecule has 0 aromatic carbocycles. The molecule has 1 amide bonds. The number of likely N-dealkylation sites (tertiary alicyclic amines) is 1. The molecular formula is C20H20N6O. The Balaban J connectivity index is 1.57. The first-order valence-corrected chi connectivity index (χ1v) is 8.92. The van der Waals surface area contributed by atoms with Crippen molar-refractivity contribution in [2.24, 2.45) is 0 Å². The first-order valence-electron chi connectivity index (χ1n) is 8.92. The van der Waals surface area contributed by atoms with Gasteiger partial charge in [-0.2, -0.15) is 0 Å². The lowest BCUT2D eigenvalue weighted by Gasteiger charge is -2.25. The van der Waals surface area contributed by atoms with Gasteiger partial charge in [-0.25, -0.2) is 9.97 Å². The molecule has 1 N–H and O–H groups in total. The Bertz CT molecular complexity index is 946. The maximum Gasteiger partial charge on any atom is 0.255 e. The standard InChI is InChI=1S/C20H20N6O/c1-14-9-16(12-22-11-14)20(27)26-8-2-3-17(26)15-4-5-23-18(10-15)25-19-13-21-6-7-24-19/h4-7,9-13,17H,2-3,8H2,1H3,(H,23,24,25)/t17-/m1/s1. The maximum atomic E-state index is 13.0. The Labute approximate surface area is 157 Å². The molecule has 1 atom stereocenters. The van der Waals surface area contributed by atoms with Crippen molar-refractivity contribution in [1.29, 1.82) is 0 Å². The third kappa shape index (κ3) is 3.76. The summed E-state index contributed by atoms with van der Waals surface area (Å²) in [7, 11) is 0. The largest absolute Gasteiger partial charge is 0.332 e. The van der Waals surface area contributed by atoms with Crippen LogP contribution in [0.2, 0.25) is 0 Å². The number of carbonyl (C=O) groups is 1. The highest BCUT2D eigenvalue weighted by molar-refractivity contribution is 5.94. The summed E-state index contributed by atoms with van der Waals surface area (Å²) in [6, 6.07) is 5.85. The molecule has 0 spiro atoms. The van der Waals surface area contributed by atoms with Gasteiger partial charge in [-0.15, -0.1) is 0 Å². The number of amides is 1. The van der Waals surface area contributed by atoms with E-state index in [1.54, 1.807) is 37.2 Å². The van der Waals surface area contributed by atoms with Gasteiger partial charge in [-0.05, 0) is 49.1 Å². The highest BCUT2D eigenvalue weighted by atomic mass is 16.2. The summed E-state index contributed by atoms with van der Waals surface area (Å²) >= 11 is 0. The summed E-state index contributed by atoms with van der Waals surface area (Å²) in [5.41, 5.74) is 2.67. The van der Waals surface area contributed by atoms with Crippen molar-refractivity contribution < 1.29 is 4.79 Å². The molecule has 4 rings (SSSR count). The van der Waals surface area contributed by atoms with Crippen LogP contribution in [0.1, 0.15) is 40.4 Å². The van der Waals surface area contributed by atoms with Gasteiger partial charge < -0.3 is 10.2 Å². The zero-order valence-corrected chi connectivity index (χ0v) is 15.0. The number of hydrogen-bond donors (Lipinski definition) is 1. The summed E-state index contributed by atoms with van der Waals surface area (Å²) in [4.78, 5) is 31.7. The van der Waals surface area contributed by atoms with Gasteiger partial charge in [0.05, 0.1) is 17.8 Å². The quantitative estimate of drug-likeness (QED) is 0.768. The van der Waals surface area contributed by atoms with E-state index in [1.165, 1.54) is 0 Å². The minimum atomic E-state index is 0.0222. The summed E-state index contributed by atoms with van der Waals surface area (Å²) in [5, 5.41) is 3.15. The van der Waals surface area contributed by atoms with Crippen molar-refractivity contribution in [2.45, 2.75) is 25.8 Å². The molecule has 0 unspecified atom stereocenters. The molecule has 1 fully saturated rings. The summed E-state index contributed by atoms with van der Waals surface area (Å²) < 4.78 is 0. The van der Waals surface area contributed by atoms with Gasteiger partial charge in [-0.3, -0.25) is 14.8 Å². The van der Waals surface area contributed by atoms with Crippen molar-refractivity contribution in [3.05, 3.63) is 72.1 Å². The van der Waals surface area contributed by atoms with Crippen LogP contribution in [0.4, 0.5) is 11.6 Å². The molecule has 7 heteroatoms. The molecule has 1 aliphatic rings. The summed E-state index contributed by atoms with van der Waals surface area (Å²) in [5.74, 6) is 1.34. The third-order valence-electron chi connectivity index (χ3n) is 4.62. The Hall–Kier alpha value is -3.35. The molecule has 0 saturated carbocycles. The Kier molecular flexibility index (Phi) is 4.74. The average molecular weight is 360 g/mol. The van der Waals surface area contributed by atoms with Gasteiger partial charge in [0.1, 0.15) is 11.6 Å². The van der Waals surface area contributed by atoms with E-state index >= 15 is 0 Å². The number of nitrogens with one attached hydrogen (secondary N) is 1. The van der Waals surface area contributed by atoms with E-state index in [2.05, 4.69) is 25.3 Å². The first-order chi connectivity index (χ1) is 13.2. The van der Waals surface area contributed by atoms with E-state index in [1.807, 2.05) is 30.0 Å². The molecule has 3 aromatic heterocycles. The highest BCUT2D eigenvalue weighted by Crippen LogP contribution is 2.34. The van der Waals surface area contributed by atoms with Crippen LogP contribution >= 0.6 is 0 Å². The van der Waals surface area contributed by atoms with Gasteiger partial charge in [-0.1, -0.05) is 0 Å². The van der Waals surface area contributed by atoms with E-state index in [9.17, 15) is 4.79 Å². The predicted octanol–water partition coefficient (Wildman–Crippen LogP) is 3.30. The van der Waals surface area contributed by atoms with Gasteiger partial charge in [0.2, 0.25) is 0 Å². The van der Waals surface area contributed by atoms with Gasteiger partial charge >= 0.3 is 0 Å². The molecular weight excluding hydrogens is 340 g/mol. The Morgan fingerprint density at radius 1 is 1.07 bits per heavy atom. The van der Waals surface area contributed by atoms with Crippen LogP contribution < -0.4 is 5.32 Å². The first kappa shape index (κ1) is 17.1. The average Bonchev–Trinajstić information content (AvgIpc) is 3.18. The van der Waals surface area contributed by atoms with Crippen LogP contribution in [0, 0.1) is 6.92 Å². The smallest absolute Gasteiger partial charge is 0.255 e. The number of aryl methyl sites for hydroxylation is 1. The second-order valence-electron chi connectivity index (χ2n) is 6.60. The lowest BCUT2D eigenvalue weighted by molar-refractivity contribution is 0.0735. The van der Waals surface area contributed by atoms with Crippen LogP contribution in [-0.4, -0.2) is 37.3 Å². The number of carbonyl (C=O) groups excluding carboxylic acids is 1. The molecule has 7 nitrogen and oxygen atoms in total. The van der Waals surface area contributed by atoms with Crippen LogP contribution in [0.15, 0.2) is 55.4 Å². The highest BCUT2D eigenvalue weighted by Gasteiger charge is 2.31. The predicted molar refractivity (Wildman–Crippen MR) is 102 cm³/mol. The lowest BCUT2D eigenvalue weighted by atomic mass is 10.0. The second-order valence-corrected chi connectivity index (χ2v) is 6.60. The number of rotatable bonds is 4. The summed E-state index contributed by atoms with van der Waals surface area (Å²) in [6.07, 6.45) is 11.9. The zero-order chi connectivity index (χ0) is 18.6. The summed E-state index contributed by atoms with van der Waals surface area (Å²) in [6.45, 7) is 2.69. The molecule has 0 aliphatic carbocycles. The molecule has 3 aromatic rings. The monoisotopic (exact) mass is 360 g/mol. The van der Waals surface area contributed by atoms with E-state index < -0.39 is 0 Å². The van der Waals surface area contributed by atoms with Crippen molar-refractivity contribution in [2.75, 3.05) is 11.9 Å². The topological polar surface area (TPSA) is 83.9 Å². The molecule has 0 bridgehead atoms. The fourth-order valence-electron chi connectivity index (χ4n) is 3.41. The Morgan fingerprint density at radius 2 is 1.96 bits per heavy atom. The number of anilines is 2. The SMILES string of the molecule is Cc1cncc(C(=O)N2CCC[C@@H]2c2ccnc(Nc3cnccn3)c2)c1. The van der Waals surface area contributed by atoms with Gasteiger partial charge in [0, 0.05) is 37.5 Å². The minimum Gasteiger partial charge on any atom is -0.332 e. The fourth-order valence-corrected chi connectivity index (χ4v) is 3.41. The van der Waals surface area contributed by atoms with Crippen LogP contribution in [0.25, 0.3) is 0 Å². The molecule has 0 radical (unpaired) electrons. The molecule has 1 saturated heterocycles. The molecule has 1 aliphatic heterocycles. The van der Waals surface area contributed by atoms with E-state index in [0.29, 0.717) is 17.2 Å². The third-order valence-corrected chi connectivity index (χ3v) is 4.62. The molecule has 136 valence electrons.